The Balaban J connectivity index is 1.16. The van der Waals surface area contributed by atoms with Crippen LogP contribution in [0.5, 0.6) is 5.75 Å². The molecule has 1 fully saturated rings. The molecule has 0 atom stereocenters. The maximum Gasteiger partial charge on any atom is 0.270 e. The first kappa shape index (κ1) is 32.7. The third kappa shape index (κ3) is 7.02. The van der Waals surface area contributed by atoms with E-state index < -0.39 is 5.82 Å². The molecular weight excluding hydrogens is 689 g/mol. The number of para-hydroxylation sites is 1. The second-order valence-corrected chi connectivity index (χ2v) is 13.3. The Morgan fingerprint density at radius 2 is 1.76 bits per heavy atom. The minimum atomic E-state index is -0.449. The molecule has 0 saturated carbocycles. The number of piperazine rings is 1. The zero-order chi connectivity index (χ0) is 33.9. The largest absolute Gasteiger partial charge is 0.496 e. The minimum Gasteiger partial charge on any atom is -0.496 e. The van der Waals surface area contributed by atoms with Gasteiger partial charge in [-0.2, -0.15) is 0 Å². The maximum absolute atomic E-state index is 16.6. The van der Waals surface area contributed by atoms with Gasteiger partial charge in [0.15, 0.2) is 5.82 Å². The van der Waals surface area contributed by atoms with Crippen molar-refractivity contribution >= 4 is 44.2 Å². The number of benzene rings is 3. The smallest absolute Gasteiger partial charge is 0.270 e. The van der Waals surface area contributed by atoms with E-state index in [0.717, 1.165) is 40.8 Å². The van der Waals surface area contributed by atoms with Crippen molar-refractivity contribution in [2.45, 2.75) is 25.9 Å². The molecule has 12 heteroatoms. The van der Waals surface area contributed by atoms with Crippen LogP contribution >= 0.6 is 15.9 Å². The summed E-state index contributed by atoms with van der Waals surface area (Å²) < 4.78 is 25.0. The van der Waals surface area contributed by atoms with Crippen LogP contribution in [0, 0.1) is 5.82 Å². The summed E-state index contributed by atoms with van der Waals surface area (Å²) in [6.07, 6.45) is 6.18. The third-order valence-electron chi connectivity index (χ3n) is 9.34. The van der Waals surface area contributed by atoms with Crippen LogP contribution in [0.15, 0.2) is 83.6 Å². The van der Waals surface area contributed by atoms with Crippen LogP contribution in [0.3, 0.4) is 0 Å². The van der Waals surface area contributed by atoms with Crippen molar-refractivity contribution in [1.82, 2.24) is 34.7 Å². The molecule has 2 aliphatic rings. The summed E-state index contributed by atoms with van der Waals surface area (Å²) in [6.45, 7) is 4.72. The Morgan fingerprint density at radius 3 is 2.51 bits per heavy atom. The fraction of sp³-hybridized carbons (Fsp3) is 0.297. The van der Waals surface area contributed by atoms with Gasteiger partial charge in [-0.1, -0.05) is 57.6 Å². The van der Waals surface area contributed by atoms with Gasteiger partial charge in [0, 0.05) is 79.4 Å². The summed E-state index contributed by atoms with van der Waals surface area (Å²) in [7, 11) is 1.61. The summed E-state index contributed by atoms with van der Waals surface area (Å²) in [4.78, 5) is 36.1. The Morgan fingerprint density at radius 1 is 0.959 bits per heavy atom. The molecule has 4 heterocycles. The van der Waals surface area contributed by atoms with Crippen molar-refractivity contribution in [2.24, 2.45) is 0 Å². The number of amides is 2. The SMILES string of the molecule is COc1ccccc1-c1cc(C2=CCCN(C(=O)CCn3ccnn3)C2)c(F)c2[nH]c(C(=O)N3CCN(Cc4ccc(Br)cc4)CC3)cc12. The van der Waals surface area contributed by atoms with Crippen molar-refractivity contribution in [3.05, 3.63) is 106 Å². The van der Waals surface area contributed by atoms with Gasteiger partial charge < -0.3 is 19.5 Å². The molecule has 49 heavy (non-hydrogen) atoms. The molecule has 5 aromatic rings. The number of nitrogens with one attached hydrogen (secondary N) is 1. The standard InChI is InChI=1S/C37H37BrFN7O3/c1-49-33-7-3-2-6-28(33)30-21-29(26-5-4-14-45(24-26)34(47)12-15-46-16-13-40-42-46)35(39)36-31(30)22-32(41-36)37(48)44-19-17-43(18-20-44)23-25-8-10-27(38)11-9-25/h2-3,5-11,13,16,21-22,41H,4,12,14-15,17-20,23-24H2,1H3. The fourth-order valence-electron chi connectivity index (χ4n) is 6.70. The summed E-state index contributed by atoms with van der Waals surface area (Å²) in [5.74, 6) is -0.000244. The van der Waals surface area contributed by atoms with Gasteiger partial charge in [-0.05, 0) is 53.5 Å². The number of methoxy groups -OCH3 is 1. The topological polar surface area (TPSA) is 99.6 Å². The van der Waals surface area contributed by atoms with Gasteiger partial charge in [0.25, 0.3) is 5.91 Å². The molecular formula is C37H37BrFN7O3. The molecule has 1 saturated heterocycles. The van der Waals surface area contributed by atoms with E-state index >= 15 is 4.39 Å². The summed E-state index contributed by atoms with van der Waals surface area (Å²) in [5, 5.41) is 8.34. The van der Waals surface area contributed by atoms with Gasteiger partial charge in [0.1, 0.15) is 11.4 Å². The molecule has 0 bridgehead atoms. The maximum atomic E-state index is 16.6. The molecule has 1 N–H and O–H groups in total. The number of hydrogen-bond donors (Lipinski definition) is 1. The van der Waals surface area contributed by atoms with Gasteiger partial charge in [-0.25, -0.2) is 4.39 Å². The number of rotatable bonds is 9. The van der Waals surface area contributed by atoms with Gasteiger partial charge in [0.2, 0.25) is 5.91 Å². The molecule has 0 unspecified atom stereocenters. The van der Waals surface area contributed by atoms with Crippen LogP contribution in [-0.2, 0) is 17.9 Å². The summed E-state index contributed by atoms with van der Waals surface area (Å²) >= 11 is 3.49. The molecule has 3 aromatic carbocycles. The quantitative estimate of drug-likeness (QED) is 0.200. The highest BCUT2D eigenvalue weighted by Gasteiger charge is 2.28. The van der Waals surface area contributed by atoms with Crippen molar-refractivity contribution < 1.29 is 18.7 Å². The highest BCUT2D eigenvalue weighted by Crippen LogP contribution is 2.40. The van der Waals surface area contributed by atoms with Crippen molar-refractivity contribution in [3.63, 3.8) is 0 Å². The third-order valence-corrected chi connectivity index (χ3v) is 9.86. The highest BCUT2D eigenvalue weighted by molar-refractivity contribution is 9.10. The van der Waals surface area contributed by atoms with Gasteiger partial charge in [0.05, 0.1) is 25.4 Å². The van der Waals surface area contributed by atoms with Crippen molar-refractivity contribution in [3.8, 4) is 16.9 Å². The van der Waals surface area contributed by atoms with Gasteiger partial charge >= 0.3 is 0 Å². The van der Waals surface area contributed by atoms with Gasteiger partial charge in [-0.3, -0.25) is 19.2 Å². The second kappa shape index (κ2) is 14.4. The van der Waals surface area contributed by atoms with E-state index in [2.05, 4.69) is 48.3 Å². The molecule has 0 radical (unpaired) electrons. The van der Waals surface area contributed by atoms with Crippen LogP contribution < -0.4 is 4.74 Å². The lowest BCUT2D eigenvalue weighted by molar-refractivity contribution is -0.131. The van der Waals surface area contributed by atoms with Gasteiger partial charge in [-0.15, -0.1) is 5.10 Å². The van der Waals surface area contributed by atoms with Crippen molar-refractivity contribution in [1.29, 1.82) is 0 Å². The number of aryl methyl sites for hydroxylation is 1. The Bertz CT molecular complexity index is 2000. The lowest BCUT2D eigenvalue weighted by Crippen LogP contribution is -2.48. The number of ether oxygens (including phenoxy) is 1. The fourth-order valence-corrected chi connectivity index (χ4v) is 6.96. The van der Waals surface area contributed by atoms with E-state index in [1.54, 1.807) is 35.2 Å². The molecule has 2 amide bonds. The summed E-state index contributed by atoms with van der Waals surface area (Å²) in [6, 6.07) is 19.5. The average Bonchev–Trinajstić information content (AvgIpc) is 3.83. The lowest BCUT2D eigenvalue weighted by atomic mass is 9.93. The first-order valence-electron chi connectivity index (χ1n) is 16.4. The minimum absolute atomic E-state index is 0.0303. The number of fused-ring (bicyclic) bond motifs is 1. The number of aromatic nitrogens is 4. The number of aromatic amines is 1. The molecule has 0 spiro atoms. The van der Waals surface area contributed by atoms with E-state index in [0.29, 0.717) is 55.0 Å². The number of carbonyl (C=O) groups is 2. The van der Waals surface area contributed by atoms with E-state index in [4.69, 9.17) is 4.74 Å². The first-order chi connectivity index (χ1) is 23.9. The number of carbonyl (C=O) groups excluding carboxylic acids is 2. The van der Waals surface area contributed by atoms with Crippen LogP contribution in [0.25, 0.3) is 27.6 Å². The Labute approximate surface area is 292 Å². The normalized spacial score (nSPS) is 15.4. The monoisotopic (exact) mass is 725 g/mol. The predicted molar refractivity (Wildman–Crippen MR) is 189 cm³/mol. The van der Waals surface area contributed by atoms with Crippen LogP contribution in [-0.4, -0.2) is 92.9 Å². The Hall–Kier alpha value is -4.81. The van der Waals surface area contributed by atoms with Crippen LogP contribution in [0.1, 0.15) is 34.5 Å². The molecule has 10 nitrogen and oxygen atoms in total. The van der Waals surface area contributed by atoms with Crippen molar-refractivity contribution in [2.75, 3.05) is 46.4 Å². The molecule has 2 aliphatic heterocycles. The molecule has 252 valence electrons. The second-order valence-electron chi connectivity index (χ2n) is 12.4. The number of halogens is 2. The lowest BCUT2D eigenvalue weighted by Gasteiger charge is -2.34. The molecule has 0 aliphatic carbocycles. The number of nitrogens with zero attached hydrogens (tertiary/aromatic N) is 6. The van der Waals surface area contributed by atoms with E-state index in [-0.39, 0.29) is 30.3 Å². The van der Waals surface area contributed by atoms with E-state index in [9.17, 15) is 9.59 Å². The molecule has 2 aromatic heterocycles. The molecule has 7 rings (SSSR count). The first-order valence-corrected chi connectivity index (χ1v) is 17.2. The number of H-pyrrole nitrogens is 1. The zero-order valence-corrected chi connectivity index (χ0v) is 28.8. The predicted octanol–water partition coefficient (Wildman–Crippen LogP) is 6.00. The highest BCUT2D eigenvalue weighted by atomic mass is 79.9. The Kier molecular flexibility index (Phi) is 9.58. The zero-order valence-electron chi connectivity index (χ0n) is 27.2. The average molecular weight is 727 g/mol. The van der Waals surface area contributed by atoms with E-state index in [1.165, 1.54) is 5.56 Å². The number of hydrogen-bond acceptors (Lipinski definition) is 6. The van der Waals surface area contributed by atoms with Crippen LogP contribution in [0.4, 0.5) is 4.39 Å². The van der Waals surface area contributed by atoms with Crippen LogP contribution in [0.2, 0.25) is 0 Å². The summed E-state index contributed by atoms with van der Waals surface area (Å²) in [5.41, 5.74) is 4.46. The van der Waals surface area contributed by atoms with E-state index in [1.807, 2.05) is 53.4 Å².